The van der Waals surface area contributed by atoms with E-state index in [0.29, 0.717) is 5.69 Å². The van der Waals surface area contributed by atoms with E-state index in [2.05, 4.69) is 10.1 Å². The lowest BCUT2D eigenvalue weighted by Crippen LogP contribution is -2.30. The number of rotatable bonds is 3. The molecule has 11 heteroatoms. The van der Waals surface area contributed by atoms with Gasteiger partial charge in [0.25, 0.3) is 17.5 Å². The second-order valence-electron chi connectivity index (χ2n) is 7.03. The van der Waals surface area contributed by atoms with Crippen LogP contribution in [0.4, 0.5) is 15.8 Å². The first-order chi connectivity index (χ1) is 15.3. The molecule has 32 heavy (non-hydrogen) atoms. The third-order valence-electron chi connectivity index (χ3n) is 5.18. The number of hydrogen-bond acceptors (Lipinski definition) is 6. The number of nitro groups is 1. The van der Waals surface area contributed by atoms with Crippen molar-refractivity contribution < 1.29 is 18.9 Å². The molecule has 1 aliphatic heterocycles. The number of aryl methyl sites for hydroxylation is 1. The van der Waals surface area contributed by atoms with Gasteiger partial charge in [0.1, 0.15) is 17.2 Å². The molecule has 9 nitrogen and oxygen atoms in total. The molecule has 0 bridgehead atoms. The van der Waals surface area contributed by atoms with Crippen molar-refractivity contribution in [2.75, 3.05) is 4.90 Å². The average Bonchev–Trinajstić information content (AvgIpc) is 3.22. The van der Waals surface area contributed by atoms with Gasteiger partial charge in [0, 0.05) is 17.3 Å². The van der Waals surface area contributed by atoms with Crippen LogP contribution in [-0.4, -0.2) is 31.5 Å². The molecule has 1 aliphatic rings. The third-order valence-corrected chi connectivity index (χ3v) is 5.41. The van der Waals surface area contributed by atoms with Crippen LogP contribution in [0.5, 0.6) is 0 Å². The molecule has 0 atom stereocenters. The summed E-state index contributed by atoms with van der Waals surface area (Å²) >= 11 is 5.83. The molecule has 2 amide bonds. The Kier molecular flexibility index (Phi) is 4.28. The molecule has 0 saturated heterocycles. The first kappa shape index (κ1) is 19.8. The molecule has 0 aliphatic carbocycles. The van der Waals surface area contributed by atoms with Crippen molar-refractivity contribution in [2.45, 2.75) is 6.92 Å². The van der Waals surface area contributed by atoms with Crippen molar-refractivity contribution in [3.8, 4) is 5.69 Å². The molecule has 0 unspecified atom stereocenters. The van der Waals surface area contributed by atoms with Gasteiger partial charge in [-0.2, -0.15) is 5.10 Å². The van der Waals surface area contributed by atoms with Gasteiger partial charge in [0.15, 0.2) is 5.65 Å². The Morgan fingerprint density at radius 2 is 1.84 bits per heavy atom. The number of aromatic nitrogens is 3. The molecular weight excluding hydrogens is 441 g/mol. The van der Waals surface area contributed by atoms with E-state index in [1.807, 2.05) is 0 Å². The van der Waals surface area contributed by atoms with Crippen molar-refractivity contribution in [1.82, 2.24) is 14.8 Å². The van der Waals surface area contributed by atoms with E-state index in [1.54, 1.807) is 6.92 Å². The molecule has 158 valence electrons. The highest BCUT2D eigenvalue weighted by Crippen LogP contribution is 2.38. The van der Waals surface area contributed by atoms with Crippen LogP contribution in [0.3, 0.4) is 0 Å². The Balaban J connectivity index is 1.73. The maximum absolute atomic E-state index is 14.5. The summed E-state index contributed by atoms with van der Waals surface area (Å²) in [6.07, 6.45) is 1.19. The van der Waals surface area contributed by atoms with Crippen molar-refractivity contribution >= 4 is 45.8 Å². The van der Waals surface area contributed by atoms with E-state index in [1.165, 1.54) is 47.3 Å². The molecule has 0 N–H and O–H groups in total. The topological polar surface area (TPSA) is 111 Å². The number of imide groups is 1. The fourth-order valence-electron chi connectivity index (χ4n) is 3.81. The number of carbonyl (C=O) groups excluding carboxylic acids is 2. The third kappa shape index (κ3) is 2.70. The minimum absolute atomic E-state index is 0.0104. The average molecular weight is 452 g/mol. The van der Waals surface area contributed by atoms with Crippen LogP contribution < -0.4 is 4.90 Å². The molecule has 0 radical (unpaired) electrons. The van der Waals surface area contributed by atoms with Gasteiger partial charge in [-0.3, -0.25) is 19.7 Å². The van der Waals surface area contributed by atoms with Gasteiger partial charge in [-0.25, -0.2) is 19.0 Å². The zero-order chi connectivity index (χ0) is 22.7. The minimum atomic E-state index is -0.745. The summed E-state index contributed by atoms with van der Waals surface area (Å²) in [7, 11) is 0. The molecule has 0 spiro atoms. The number of fused-ring (bicyclic) bond motifs is 3. The monoisotopic (exact) mass is 451 g/mol. The van der Waals surface area contributed by atoms with Crippen molar-refractivity contribution in [3.05, 3.63) is 86.4 Å². The van der Waals surface area contributed by atoms with Crippen molar-refractivity contribution in [1.29, 1.82) is 0 Å². The Morgan fingerprint density at radius 3 is 2.56 bits per heavy atom. The molecule has 2 aromatic carbocycles. The second kappa shape index (κ2) is 6.92. The predicted octanol–water partition coefficient (Wildman–Crippen LogP) is 4.23. The number of anilines is 1. The molecule has 4 aromatic rings. The zero-order valence-corrected chi connectivity index (χ0v) is 17.0. The highest BCUT2D eigenvalue weighted by Gasteiger charge is 2.42. The number of benzene rings is 2. The van der Waals surface area contributed by atoms with Crippen LogP contribution >= 0.6 is 11.6 Å². The van der Waals surface area contributed by atoms with Gasteiger partial charge < -0.3 is 0 Å². The van der Waals surface area contributed by atoms with Gasteiger partial charge in [-0.1, -0.05) is 23.7 Å². The number of halogens is 2. The highest BCUT2D eigenvalue weighted by molar-refractivity contribution is 6.38. The Bertz CT molecular complexity index is 1500. The molecule has 0 fully saturated rings. The lowest BCUT2D eigenvalue weighted by atomic mass is 10.1. The summed E-state index contributed by atoms with van der Waals surface area (Å²) in [4.78, 5) is 42.1. The molecule has 0 saturated carbocycles. The number of hydrogen-bond donors (Lipinski definition) is 0. The summed E-state index contributed by atoms with van der Waals surface area (Å²) in [5, 5.41) is 16.2. The lowest BCUT2D eigenvalue weighted by molar-refractivity contribution is -0.384. The second-order valence-corrected chi connectivity index (χ2v) is 7.47. The van der Waals surface area contributed by atoms with Gasteiger partial charge in [-0.15, -0.1) is 0 Å². The maximum atomic E-state index is 14.5. The minimum Gasteiger partial charge on any atom is -0.268 e. The van der Waals surface area contributed by atoms with Gasteiger partial charge >= 0.3 is 0 Å². The molecule has 3 heterocycles. The highest BCUT2D eigenvalue weighted by atomic mass is 35.5. The first-order valence-corrected chi connectivity index (χ1v) is 9.63. The van der Waals surface area contributed by atoms with Crippen molar-refractivity contribution in [3.63, 3.8) is 0 Å². The molecule has 2 aromatic heterocycles. The Hall–Kier alpha value is -4.18. The van der Waals surface area contributed by atoms with Gasteiger partial charge in [0.2, 0.25) is 0 Å². The molecule has 5 rings (SSSR count). The van der Waals surface area contributed by atoms with E-state index in [-0.39, 0.29) is 44.2 Å². The number of nitro benzene ring substituents is 1. The normalized spacial score (nSPS) is 13.2. The van der Waals surface area contributed by atoms with Crippen LogP contribution in [0.25, 0.3) is 16.7 Å². The smallest absolute Gasteiger partial charge is 0.268 e. The van der Waals surface area contributed by atoms with E-state index in [0.717, 1.165) is 11.0 Å². The first-order valence-electron chi connectivity index (χ1n) is 9.25. The number of nitrogens with zero attached hydrogens (tertiary/aromatic N) is 5. The predicted molar refractivity (Wildman–Crippen MR) is 113 cm³/mol. The van der Waals surface area contributed by atoms with E-state index in [9.17, 15) is 24.1 Å². The maximum Gasteiger partial charge on any atom is 0.293 e. The Labute approximate surface area is 183 Å². The number of carbonyl (C=O) groups is 2. The van der Waals surface area contributed by atoms with Crippen LogP contribution in [0.2, 0.25) is 5.02 Å². The summed E-state index contributed by atoms with van der Waals surface area (Å²) in [6, 6.07) is 9.49. The fraction of sp³-hybridized carbons (Fsp3) is 0.0476. The Morgan fingerprint density at radius 1 is 1.09 bits per heavy atom. The van der Waals surface area contributed by atoms with Crippen molar-refractivity contribution in [2.24, 2.45) is 0 Å². The van der Waals surface area contributed by atoms with E-state index >= 15 is 0 Å². The standard InChI is InChI=1S/C21H11ClFN5O4/c1-10-17-18-12(9-24-19(17)27(25-10)14-7-6-11(22)8-13(14)23)20(29)26(21(18)30)15-4-2-3-5-16(15)28(31)32/h2-9H,1H3. The summed E-state index contributed by atoms with van der Waals surface area (Å²) in [6.45, 7) is 1.60. The van der Waals surface area contributed by atoms with E-state index < -0.39 is 22.6 Å². The molecular formula is C21H11ClFN5O4. The van der Waals surface area contributed by atoms with Crippen LogP contribution in [-0.2, 0) is 0 Å². The van der Waals surface area contributed by atoms with E-state index in [4.69, 9.17) is 11.6 Å². The summed E-state index contributed by atoms with van der Waals surface area (Å²) < 4.78 is 15.7. The number of para-hydroxylation sites is 2. The van der Waals surface area contributed by atoms with Crippen LogP contribution in [0.1, 0.15) is 26.4 Å². The van der Waals surface area contributed by atoms with Crippen LogP contribution in [0.15, 0.2) is 48.7 Å². The number of pyridine rings is 1. The summed E-state index contributed by atoms with van der Waals surface area (Å²) in [5.74, 6) is -2.13. The van der Waals surface area contributed by atoms with Gasteiger partial charge in [-0.05, 0) is 31.2 Å². The summed E-state index contributed by atoms with van der Waals surface area (Å²) in [5.41, 5.74) is 0.0215. The largest absolute Gasteiger partial charge is 0.293 e. The quantitative estimate of drug-likeness (QED) is 0.262. The SMILES string of the molecule is Cc1nn(-c2ccc(Cl)cc2F)c2ncc3c(c12)C(=O)N(c1ccccc1[N+](=O)[O-])C3=O. The number of amides is 2. The lowest BCUT2D eigenvalue weighted by Gasteiger charge is -2.13. The van der Waals surface area contributed by atoms with Crippen LogP contribution in [0, 0.1) is 22.9 Å². The fourth-order valence-corrected chi connectivity index (χ4v) is 3.97. The zero-order valence-electron chi connectivity index (χ0n) is 16.2. The van der Waals surface area contributed by atoms with Gasteiger partial charge in [0.05, 0.1) is 27.1 Å².